The van der Waals surface area contributed by atoms with Gasteiger partial charge in [0, 0.05) is 37.9 Å². The van der Waals surface area contributed by atoms with Gasteiger partial charge in [-0.3, -0.25) is 4.79 Å². The first-order valence-electron chi connectivity index (χ1n) is 7.79. The molecule has 1 fully saturated rings. The maximum atomic E-state index is 12.1. The molecule has 21 heavy (non-hydrogen) atoms. The molecule has 0 radical (unpaired) electrons. The molecule has 2 N–H and O–H groups in total. The fraction of sp³-hybridized carbons (Fsp3) is 0.625. The lowest BCUT2D eigenvalue weighted by Gasteiger charge is -2.36. The molecule has 0 aliphatic carbocycles. The SMILES string of the molecule is CNC(=O)C1CCCCN1c1ncccc1CNC(C)C. The third-order valence-electron chi connectivity index (χ3n) is 3.89. The van der Waals surface area contributed by atoms with Gasteiger partial charge >= 0.3 is 0 Å². The van der Waals surface area contributed by atoms with Crippen LogP contribution in [0.2, 0.25) is 0 Å². The second kappa shape index (κ2) is 7.41. The van der Waals surface area contributed by atoms with Crippen molar-refractivity contribution >= 4 is 11.7 Å². The van der Waals surface area contributed by atoms with E-state index in [-0.39, 0.29) is 11.9 Å². The lowest BCUT2D eigenvalue weighted by Crippen LogP contribution is -2.49. The van der Waals surface area contributed by atoms with Gasteiger partial charge in [0.05, 0.1) is 0 Å². The van der Waals surface area contributed by atoms with Crippen molar-refractivity contribution in [3.63, 3.8) is 0 Å². The summed E-state index contributed by atoms with van der Waals surface area (Å²) < 4.78 is 0. The summed E-state index contributed by atoms with van der Waals surface area (Å²) in [6.45, 7) is 5.93. The minimum Gasteiger partial charge on any atom is -0.357 e. The van der Waals surface area contributed by atoms with Crippen molar-refractivity contribution in [3.8, 4) is 0 Å². The van der Waals surface area contributed by atoms with E-state index in [0.29, 0.717) is 6.04 Å². The van der Waals surface area contributed by atoms with Gasteiger partial charge in [-0.1, -0.05) is 19.9 Å². The van der Waals surface area contributed by atoms with Crippen molar-refractivity contribution in [3.05, 3.63) is 23.9 Å². The van der Waals surface area contributed by atoms with E-state index in [1.807, 2.05) is 12.3 Å². The molecule has 1 atom stereocenters. The average Bonchev–Trinajstić information content (AvgIpc) is 2.52. The Hall–Kier alpha value is -1.62. The second-order valence-electron chi connectivity index (χ2n) is 5.84. The Bertz CT molecular complexity index is 475. The van der Waals surface area contributed by atoms with Crippen LogP contribution in [0.25, 0.3) is 0 Å². The summed E-state index contributed by atoms with van der Waals surface area (Å²) in [5.41, 5.74) is 1.15. The number of nitrogens with one attached hydrogen (secondary N) is 2. The van der Waals surface area contributed by atoms with Crippen molar-refractivity contribution in [2.24, 2.45) is 0 Å². The predicted octanol–water partition coefficient (Wildman–Crippen LogP) is 1.68. The van der Waals surface area contributed by atoms with Gasteiger partial charge in [0.1, 0.15) is 11.9 Å². The van der Waals surface area contributed by atoms with E-state index in [0.717, 1.165) is 43.7 Å². The highest BCUT2D eigenvalue weighted by Crippen LogP contribution is 2.26. The largest absolute Gasteiger partial charge is 0.357 e. The lowest BCUT2D eigenvalue weighted by molar-refractivity contribution is -0.122. The lowest BCUT2D eigenvalue weighted by atomic mass is 10.0. The molecular formula is C16H26N4O. The summed E-state index contributed by atoms with van der Waals surface area (Å²) in [6.07, 6.45) is 4.92. The quantitative estimate of drug-likeness (QED) is 0.866. The molecule has 0 saturated carbocycles. The van der Waals surface area contributed by atoms with E-state index in [9.17, 15) is 4.79 Å². The fourth-order valence-corrected chi connectivity index (χ4v) is 2.77. The molecular weight excluding hydrogens is 264 g/mol. The Labute approximate surface area is 127 Å². The summed E-state index contributed by atoms with van der Waals surface area (Å²) in [6, 6.07) is 4.37. The van der Waals surface area contributed by atoms with E-state index < -0.39 is 0 Å². The molecule has 1 aliphatic rings. The van der Waals surface area contributed by atoms with Gasteiger partial charge in [0.2, 0.25) is 5.91 Å². The number of rotatable bonds is 5. The molecule has 1 unspecified atom stereocenters. The summed E-state index contributed by atoms with van der Waals surface area (Å²) in [5.74, 6) is 1.03. The van der Waals surface area contributed by atoms with Crippen LogP contribution in [0.15, 0.2) is 18.3 Å². The maximum Gasteiger partial charge on any atom is 0.242 e. The topological polar surface area (TPSA) is 57.3 Å². The van der Waals surface area contributed by atoms with Crippen molar-refractivity contribution in [2.45, 2.75) is 51.7 Å². The Morgan fingerprint density at radius 1 is 1.48 bits per heavy atom. The zero-order valence-corrected chi connectivity index (χ0v) is 13.2. The van der Waals surface area contributed by atoms with Gasteiger partial charge in [0.25, 0.3) is 0 Å². The molecule has 2 rings (SSSR count). The second-order valence-corrected chi connectivity index (χ2v) is 5.84. The number of anilines is 1. The molecule has 116 valence electrons. The molecule has 0 spiro atoms. The van der Waals surface area contributed by atoms with E-state index >= 15 is 0 Å². The van der Waals surface area contributed by atoms with E-state index in [2.05, 4.69) is 40.4 Å². The fourth-order valence-electron chi connectivity index (χ4n) is 2.77. The molecule has 1 aromatic heterocycles. The Morgan fingerprint density at radius 3 is 3.00 bits per heavy atom. The highest BCUT2D eigenvalue weighted by Gasteiger charge is 2.30. The van der Waals surface area contributed by atoms with Gasteiger partial charge in [-0.2, -0.15) is 0 Å². The molecule has 5 heteroatoms. The van der Waals surface area contributed by atoms with E-state index in [1.165, 1.54) is 0 Å². The summed E-state index contributed by atoms with van der Waals surface area (Å²) >= 11 is 0. The molecule has 1 aromatic rings. The smallest absolute Gasteiger partial charge is 0.242 e. The standard InChI is InChI=1S/C16H26N4O/c1-12(2)19-11-13-7-6-9-18-15(13)20-10-5-4-8-14(20)16(21)17-3/h6-7,9,12,14,19H,4-5,8,10-11H2,1-3H3,(H,17,21). The number of carbonyl (C=O) groups excluding carboxylic acids is 1. The van der Waals surface area contributed by atoms with Crippen molar-refractivity contribution < 1.29 is 4.79 Å². The third kappa shape index (κ3) is 3.94. The van der Waals surface area contributed by atoms with Gasteiger partial charge < -0.3 is 15.5 Å². The molecule has 1 saturated heterocycles. The molecule has 0 aromatic carbocycles. The molecule has 2 heterocycles. The number of amides is 1. The zero-order chi connectivity index (χ0) is 15.2. The Morgan fingerprint density at radius 2 is 2.29 bits per heavy atom. The number of hydrogen-bond donors (Lipinski definition) is 2. The third-order valence-corrected chi connectivity index (χ3v) is 3.89. The molecule has 5 nitrogen and oxygen atoms in total. The van der Waals surface area contributed by atoms with Crippen LogP contribution in [0.5, 0.6) is 0 Å². The number of piperidine rings is 1. The van der Waals surface area contributed by atoms with Crippen molar-refractivity contribution in [2.75, 3.05) is 18.5 Å². The van der Waals surface area contributed by atoms with Gasteiger partial charge in [-0.25, -0.2) is 4.98 Å². The summed E-state index contributed by atoms with van der Waals surface area (Å²) in [7, 11) is 1.70. The molecule has 1 aliphatic heterocycles. The number of carbonyl (C=O) groups is 1. The zero-order valence-electron chi connectivity index (χ0n) is 13.2. The van der Waals surface area contributed by atoms with E-state index in [4.69, 9.17) is 0 Å². The number of likely N-dealkylation sites (N-methyl/N-ethyl adjacent to an activating group) is 1. The van der Waals surface area contributed by atoms with Crippen LogP contribution in [0.4, 0.5) is 5.82 Å². The average molecular weight is 290 g/mol. The van der Waals surface area contributed by atoms with Crippen LogP contribution >= 0.6 is 0 Å². The number of hydrogen-bond acceptors (Lipinski definition) is 4. The normalized spacial score (nSPS) is 18.9. The minimum absolute atomic E-state index is 0.0862. The van der Waals surface area contributed by atoms with Crippen molar-refractivity contribution in [1.82, 2.24) is 15.6 Å². The molecule has 1 amide bonds. The first-order chi connectivity index (χ1) is 10.1. The van der Waals surface area contributed by atoms with Gasteiger partial charge in [-0.15, -0.1) is 0 Å². The first-order valence-corrected chi connectivity index (χ1v) is 7.79. The van der Waals surface area contributed by atoms with Crippen molar-refractivity contribution in [1.29, 1.82) is 0 Å². The first kappa shape index (κ1) is 15.8. The van der Waals surface area contributed by atoms with Gasteiger partial charge in [-0.05, 0) is 25.3 Å². The summed E-state index contributed by atoms with van der Waals surface area (Å²) in [4.78, 5) is 18.9. The number of nitrogens with zero attached hydrogens (tertiary/aromatic N) is 2. The number of aromatic nitrogens is 1. The maximum absolute atomic E-state index is 12.1. The highest BCUT2D eigenvalue weighted by molar-refractivity contribution is 5.85. The Balaban J connectivity index is 2.23. The van der Waals surface area contributed by atoms with Crippen LogP contribution in [-0.2, 0) is 11.3 Å². The van der Waals surface area contributed by atoms with Crippen LogP contribution in [0.3, 0.4) is 0 Å². The van der Waals surface area contributed by atoms with E-state index in [1.54, 1.807) is 7.05 Å². The van der Waals surface area contributed by atoms with Crippen LogP contribution < -0.4 is 15.5 Å². The monoisotopic (exact) mass is 290 g/mol. The van der Waals surface area contributed by atoms with Crippen LogP contribution in [0.1, 0.15) is 38.7 Å². The highest BCUT2D eigenvalue weighted by atomic mass is 16.2. The summed E-state index contributed by atoms with van der Waals surface area (Å²) in [5, 5.41) is 6.21. The molecule has 0 bridgehead atoms. The van der Waals surface area contributed by atoms with Gasteiger partial charge in [0.15, 0.2) is 0 Å². The predicted molar refractivity (Wildman–Crippen MR) is 85.3 cm³/mol. The van der Waals surface area contributed by atoms with Crippen LogP contribution in [-0.4, -0.2) is 36.6 Å². The minimum atomic E-state index is -0.101. The van der Waals surface area contributed by atoms with Crippen LogP contribution in [0, 0.1) is 0 Å². The Kier molecular flexibility index (Phi) is 5.56. The number of pyridine rings is 1.